The highest BCUT2D eigenvalue weighted by molar-refractivity contribution is 6.30. The molecule has 0 bridgehead atoms. The maximum absolute atomic E-state index is 12.3. The third kappa shape index (κ3) is 3.27. The Balaban J connectivity index is 3.13. The zero-order valence-corrected chi connectivity index (χ0v) is 8.51. The summed E-state index contributed by atoms with van der Waals surface area (Å²) in [5, 5.41) is 8.77. The Bertz CT molecular complexity index is 421. The molecule has 2 nitrogen and oxygen atoms in total. The number of aliphatic carboxylic acids is 1. The molecule has 0 fully saturated rings. The number of halogens is 4. The maximum atomic E-state index is 12.3. The van der Waals surface area contributed by atoms with Crippen LogP contribution < -0.4 is 0 Å². The van der Waals surface area contributed by atoms with Gasteiger partial charge in [-0.05, 0) is 23.8 Å². The molecule has 6 heteroatoms. The number of hydrogen-bond donors (Lipinski definition) is 1. The molecule has 16 heavy (non-hydrogen) atoms. The topological polar surface area (TPSA) is 37.3 Å². The summed E-state index contributed by atoms with van der Waals surface area (Å²) in [6.45, 7) is 0. The minimum Gasteiger partial charge on any atom is -0.478 e. The van der Waals surface area contributed by atoms with Crippen molar-refractivity contribution in [1.29, 1.82) is 0 Å². The van der Waals surface area contributed by atoms with Gasteiger partial charge in [0.15, 0.2) is 0 Å². The number of alkyl halides is 3. The van der Waals surface area contributed by atoms with Crippen LogP contribution in [0.1, 0.15) is 5.56 Å². The fourth-order valence-electron chi connectivity index (χ4n) is 0.990. The van der Waals surface area contributed by atoms with E-state index in [9.17, 15) is 18.0 Å². The third-order valence-electron chi connectivity index (χ3n) is 1.72. The molecule has 0 spiro atoms. The number of carbonyl (C=O) groups is 1. The summed E-state index contributed by atoms with van der Waals surface area (Å²) in [6, 6.07) is 5.36. The van der Waals surface area contributed by atoms with Gasteiger partial charge >= 0.3 is 12.1 Å². The van der Waals surface area contributed by atoms with E-state index in [1.807, 2.05) is 0 Å². The summed E-state index contributed by atoms with van der Waals surface area (Å²) in [5.74, 6) is -2.01. The Labute approximate surface area is 94.0 Å². The molecule has 1 N–H and O–H groups in total. The number of benzene rings is 1. The van der Waals surface area contributed by atoms with Crippen molar-refractivity contribution in [1.82, 2.24) is 0 Å². The Hall–Kier alpha value is -1.49. The molecule has 0 radical (unpaired) electrons. The Kier molecular flexibility index (Phi) is 3.59. The zero-order valence-electron chi connectivity index (χ0n) is 7.75. The van der Waals surface area contributed by atoms with Crippen LogP contribution in [0.3, 0.4) is 0 Å². The lowest BCUT2D eigenvalue weighted by molar-refractivity contribution is -0.144. The summed E-state index contributed by atoms with van der Waals surface area (Å²) in [4.78, 5) is 10.4. The van der Waals surface area contributed by atoms with E-state index in [2.05, 4.69) is 0 Å². The predicted molar refractivity (Wildman–Crippen MR) is 53.1 cm³/mol. The number of carboxylic acids is 1. The molecule has 0 aromatic heterocycles. The van der Waals surface area contributed by atoms with E-state index in [1.54, 1.807) is 0 Å². The quantitative estimate of drug-likeness (QED) is 0.817. The monoisotopic (exact) mass is 250 g/mol. The number of rotatable bonds is 2. The van der Waals surface area contributed by atoms with Crippen molar-refractivity contribution in [3.05, 3.63) is 40.4 Å². The average molecular weight is 251 g/mol. The first-order valence-corrected chi connectivity index (χ1v) is 4.46. The molecule has 1 aromatic rings. The fraction of sp³-hybridized carbons (Fsp3) is 0.100. The van der Waals surface area contributed by atoms with Gasteiger partial charge in [0.2, 0.25) is 0 Å². The molecule has 0 aliphatic heterocycles. The first-order chi connectivity index (χ1) is 7.30. The van der Waals surface area contributed by atoms with Crippen LogP contribution in [0.15, 0.2) is 29.8 Å². The molecule has 0 atom stereocenters. The van der Waals surface area contributed by atoms with Crippen molar-refractivity contribution in [3.63, 3.8) is 0 Å². The lowest BCUT2D eigenvalue weighted by atomic mass is 10.1. The fourth-order valence-corrected chi connectivity index (χ4v) is 1.12. The summed E-state index contributed by atoms with van der Waals surface area (Å²) in [6.07, 6.45) is -4.33. The van der Waals surface area contributed by atoms with Gasteiger partial charge in [0.1, 0.15) is 5.57 Å². The molecular weight excluding hydrogens is 245 g/mol. The largest absolute Gasteiger partial charge is 0.478 e. The van der Waals surface area contributed by atoms with Gasteiger partial charge < -0.3 is 5.11 Å². The van der Waals surface area contributed by atoms with E-state index in [-0.39, 0.29) is 5.56 Å². The molecule has 0 aliphatic carbocycles. The van der Waals surface area contributed by atoms with E-state index >= 15 is 0 Å². The molecule has 1 rings (SSSR count). The second kappa shape index (κ2) is 4.57. The Morgan fingerprint density at radius 3 is 2.12 bits per heavy atom. The molecule has 1 aromatic carbocycles. The van der Waals surface area contributed by atoms with E-state index in [4.69, 9.17) is 16.7 Å². The van der Waals surface area contributed by atoms with Gasteiger partial charge in [-0.15, -0.1) is 0 Å². The highest BCUT2D eigenvalue weighted by atomic mass is 35.5. The Morgan fingerprint density at radius 2 is 1.75 bits per heavy atom. The van der Waals surface area contributed by atoms with Crippen molar-refractivity contribution in [2.75, 3.05) is 0 Å². The van der Waals surface area contributed by atoms with Crippen LogP contribution in [0, 0.1) is 0 Å². The maximum Gasteiger partial charge on any atom is 0.423 e. The van der Waals surface area contributed by atoms with Crippen LogP contribution in [0.2, 0.25) is 5.02 Å². The summed E-state index contributed by atoms with van der Waals surface area (Å²) >= 11 is 5.54. The molecule has 0 heterocycles. The van der Waals surface area contributed by atoms with Gasteiger partial charge in [0.05, 0.1) is 0 Å². The van der Waals surface area contributed by atoms with Gasteiger partial charge in [-0.2, -0.15) is 13.2 Å². The lowest BCUT2D eigenvalue weighted by Gasteiger charge is -2.06. The summed E-state index contributed by atoms with van der Waals surface area (Å²) in [5.41, 5.74) is -1.49. The first-order valence-electron chi connectivity index (χ1n) is 4.08. The minimum absolute atomic E-state index is 0.124. The van der Waals surface area contributed by atoms with Gasteiger partial charge in [-0.1, -0.05) is 23.7 Å². The average Bonchev–Trinajstić information content (AvgIpc) is 2.14. The van der Waals surface area contributed by atoms with E-state index < -0.39 is 17.7 Å². The normalized spacial score (nSPS) is 12.6. The van der Waals surface area contributed by atoms with Crippen LogP contribution in [0.25, 0.3) is 6.08 Å². The zero-order chi connectivity index (χ0) is 12.3. The number of carboxylic acid groups (broad SMARTS) is 1. The van der Waals surface area contributed by atoms with Crippen LogP contribution >= 0.6 is 11.6 Å². The van der Waals surface area contributed by atoms with Gasteiger partial charge in [0, 0.05) is 5.02 Å². The highest BCUT2D eigenvalue weighted by Gasteiger charge is 2.38. The van der Waals surface area contributed by atoms with E-state index in [1.165, 1.54) is 24.3 Å². The second-order valence-corrected chi connectivity index (χ2v) is 3.35. The summed E-state index contributed by atoms with van der Waals surface area (Å²) < 4.78 is 36.8. The van der Waals surface area contributed by atoms with Crippen LogP contribution in [-0.4, -0.2) is 17.3 Å². The molecule has 0 saturated carbocycles. The van der Waals surface area contributed by atoms with Crippen molar-refractivity contribution in [2.24, 2.45) is 0 Å². The molecule has 86 valence electrons. The molecule has 0 unspecified atom stereocenters. The van der Waals surface area contributed by atoms with Crippen molar-refractivity contribution < 1.29 is 23.1 Å². The van der Waals surface area contributed by atoms with E-state index in [0.717, 1.165) is 0 Å². The first kappa shape index (κ1) is 12.6. The molecule has 0 saturated heterocycles. The van der Waals surface area contributed by atoms with Crippen LogP contribution in [-0.2, 0) is 4.79 Å². The third-order valence-corrected chi connectivity index (χ3v) is 1.97. The second-order valence-electron chi connectivity index (χ2n) is 2.91. The van der Waals surface area contributed by atoms with Gasteiger partial charge in [0.25, 0.3) is 0 Å². The van der Waals surface area contributed by atoms with E-state index in [0.29, 0.717) is 11.1 Å². The van der Waals surface area contributed by atoms with Crippen molar-refractivity contribution >= 4 is 23.6 Å². The summed E-state index contributed by atoms with van der Waals surface area (Å²) in [7, 11) is 0. The molecular formula is C10H6ClF3O2. The smallest absolute Gasteiger partial charge is 0.423 e. The van der Waals surface area contributed by atoms with Crippen LogP contribution in [0.4, 0.5) is 13.2 Å². The van der Waals surface area contributed by atoms with Crippen molar-refractivity contribution in [2.45, 2.75) is 6.18 Å². The van der Waals surface area contributed by atoms with Crippen molar-refractivity contribution in [3.8, 4) is 0 Å². The Morgan fingerprint density at radius 1 is 1.25 bits per heavy atom. The standard InChI is InChI=1S/C10H6ClF3O2/c11-7-3-1-6(2-4-7)5-8(9(15)16)10(12,13)14/h1-5H,(H,15,16)/b8-5-. The SMILES string of the molecule is O=C(O)/C(=C/c1ccc(Cl)cc1)C(F)(F)F. The highest BCUT2D eigenvalue weighted by Crippen LogP contribution is 2.27. The molecule has 0 aliphatic rings. The number of hydrogen-bond acceptors (Lipinski definition) is 1. The molecule has 0 amide bonds. The lowest BCUT2D eigenvalue weighted by Crippen LogP contribution is -2.19. The van der Waals surface area contributed by atoms with Gasteiger partial charge in [-0.25, -0.2) is 4.79 Å². The van der Waals surface area contributed by atoms with Crippen LogP contribution in [0.5, 0.6) is 0 Å². The van der Waals surface area contributed by atoms with Gasteiger partial charge in [-0.3, -0.25) is 0 Å². The minimum atomic E-state index is -4.88. The predicted octanol–water partition coefficient (Wildman–Crippen LogP) is 3.37.